The Bertz CT molecular complexity index is 349. The van der Waals surface area contributed by atoms with Gasteiger partial charge in [-0.05, 0) is 31.1 Å². The number of carbonyl (C=O) groups excluding carboxylic acids is 1. The number of allylic oxidation sites excluding steroid dienone is 2. The van der Waals surface area contributed by atoms with Crippen molar-refractivity contribution in [2.45, 2.75) is 52.8 Å². The minimum absolute atomic E-state index is 0.236. The summed E-state index contributed by atoms with van der Waals surface area (Å²) < 4.78 is 10.9. The van der Waals surface area contributed by atoms with Gasteiger partial charge < -0.3 is 9.16 Å². The van der Waals surface area contributed by atoms with E-state index in [1.807, 2.05) is 19.1 Å². The molecule has 0 bridgehead atoms. The molecule has 0 radical (unpaired) electrons. The molecule has 4 heteroatoms. The van der Waals surface area contributed by atoms with Crippen LogP contribution in [0.3, 0.4) is 0 Å². The predicted molar refractivity (Wildman–Crippen MR) is 82.7 cm³/mol. The van der Waals surface area contributed by atoms with Crippen molar-refractivity contribution in [2.24, 2.45) is 0 Å². The smallest absolute Gasteiger partial charge is 0.302 e. The Labute approximate surface area is 118 Å². The van der Waals surface area contributed by atoms with Crippen molar-refractivity contribution >= 4 is 14.3 Å². The molecule has 0 unspecified atom stereocenters. The molecule has 0 aliphatic rings. The van der Waals surface area contributed by atoms with Crippen LogP contribution < -0.4 is 0 Å². The molecule has 0 aliphatic heterocycles. The average molecular weight is 284 g/mol. The van der Waals surface area contributed by atoms with Crippen LogP contribution in [0.4, 0.5) is 0 Å². The standard InChI is InChI=1S/C15H28O3Si/c1-13(9-8-11-17-14(2)16)10-12-18-19(6,7)15(3,4)5/h8-10H,11-12H2,1-7H3/b9-8+,13-10+. The monoisotopic (exact) mass is 284 g/mol. The van der Waals surface area contributed by atoms with Crippen LogP contribution in [0.5, 0.6) is 0 Å². The first-order chi connectivity index (χ1) is 8.56. The molecular weight excluding hydrogens is 256 g/mol. The highest BCUT2D eigenvalue weighted by Gasteiger charge is 2.36. The fraction of sp³-hybridized carbons (Fsp3) is 0.667. The average Bonchev–Trinajstić information content (AvgIpc) is 2.22. The summed E-state index contributed by atoms with van der Waals surface area (Å²) in [5.41, 5.74) is 1.12. The first kappa shape index (κ1) is 18.1. The Morgan fingerprint density at radius 1 is 1.16 bits per heavy atom. The maximum Gasteiger partial charge on any atom is 0.302 e. The molecular formula is C15H28O3Si. The molecule has 0 fully saturated rings. The van der Waals surface area contributed by atoms with E-state index in [9.17, 15) is 4.79 Å². The van der Waals surface area contributed by atoms with Crippen molar-refractivity contribution in [3.05, 3.63) is 23.8 Å². The van der Waals surface area contributed by atoms with Gasteiger partial charge in [-0.2, -0.15) is 0 Å². The van der Waals surface area contributed by atoms with Crippen LogP contribution in [0, 0.1) is 0 Å². The van der Waals surface area contributed by atoms with E-state index in [1.165, 1.54) is 6.92 Å². The number of rotatable bonds is 6. The molecule has 0 atom stereocenters. The lowest BCUT2D eigenvalue weighted by atomic mass is 10.2. The Morgan fingerprint density at radius 3 is 2.21 bits per heavy atom. The third-order valence-electron chi connectivity index (χ3n) is 3.42. The van der Waals surface area contributed by atoms with Crippen molar-refractivity contribution in [1.29, 1.82) is 0 Å². The highest BCUT2D eigenvalue weighted by molar-refractivity contribution is 6.74. The van der Waals surface area contributed by atoms with Gasteiger partial charge in [0.15, 0.2) is 8.32 Å². The second kappa shape index (κ2) is 7.65. The maximum absolute atomic E-state index is 10.6. The highest BCUT2D eigenvalue weighted by atomic mass is 28.4. The number of carbonyl (C=O) groups is 1. The molecule has 0 N–H and O–H groups in total. The molecule has 3 nitrogen and oxygen atoms in total. The van der Waals surface area contributed by atoms with E-state index in [2.05, 4.69) is 39.9 Å². The minimum atomic E-state index is -1.66. The lowest BCUT2D eigenvalue weighted by Crippen LogP contribution is -2.40. The van der Waals surface area contributed by atoms with Gasteiger partial charge in [-0.3, -0.25) is 4.79 Å². The van der Waals surface area contributed by atoms with Gasteiger partial charge in [-0.25, -0.2) is 0 Å². The number of ether oxygens (including phenoxy) is 1. The van der Waals surface area contributed by atoms with E-state index in [0.29, 0.717) is 13.2 Å². The van der Waals surface area contributed by atoms with E-state index in [-0.39, 0.29) is 11.0 Å². The minimum Gasteiger partial charge on any atom is -0.462 e. The number of esters is 1. The zero-order valence-electron chi connectivity index (χ0n) is 13.4. The van der Waals surface area contributed by atoms with E-state index in [0.717, 1.165) is 5.57 Å². The van der Waals surface area contributed by atoms with Crippen LogP contribution in [-0.2, 0) is 14.0 Å². The van der Waals surface area contributed by atoms with E-state index in [4.69, 9.17) is 9.16 Å². The van der Waals surface area contributed by atoms with Crippen LogP contribution in [0.2, 0.25) is 18.1 Å². The molecule has 110 valence electrons. The third-order valence-corrected chi connectivity index (χ3v) is 7.92. The fourth-order valence-corrected chi connectivity index (χ4v) is 2.00. The molecule has 19 heavy (non-hydrogen) atoms. The lowest BCUT2D eigenvalue weighted by Gasteiger charge is -2.35. The normalized spacial score (nSPS) is 13.9. The summed E-state index contributed by atoms with van der Waals surface area (Å²) in [5.74, 6) is -0.257. The van der Waals surface area contributed by atoms with Crippen LogP contribution in [-0.4, -0.2) is 27.5 Å². The summed E-state index contributed by atoms with van der Waals surface area (Å²) in [7, 11) is -1.66. The Balaban J connectivity index is 4.16. The first-order valence-corrected chi connectivity index (χ1v) is 9.58. The molecule has 0 heterocycles. The molecule has 0 spiro atoms. The molecule has 0 saturated carbocycles. The predicted octanol–water partition coefficient (Wildman–Crippen LogP) is 4.07. The zero-order valence-corrected chi connectivity index (χ0v) is 14.4. The van der Waals surface area contributed by atoms with Gasteiger partial charge in [0.2, 0.25) is 0 Å². The molecule has 0 amide bonds. The second-order valence-electron chi connectivity index (χ2n) is 6.22. The van der Waals surface area contributed by atoms with Gasteiger partial charge in [0, 0.05) is 6.92 Å². The highest BCUT2D eigenvalue weighted by Crippen LogP contribution is 2.36. The summed E-state index contributed by atoms with van der Waals surface area (Å²) >= 11 is 0. The second-order valence-corrected chi connectivity index (χ2v) is 11.0. The van der Waals surface area contributed by atoms with Gasteiger partial charge in [-0.15, -0.1) is 0 Å². The molecule has 0 saturated heterocycles. The van der Waals surface area contributed by atoms with Crippen LogP contribution in [0.15, 0.2) is 23.8 Å². The summed E-state index contributed by atoms with van der Waals surface area (Å²) in [5, 5.41) is 0.236. The van der Waals surface area contributed by atoms with Gasteiger partial charge in [0.1, 0.15) is 6.61 Å². The molecule has 0 aromatic heterocycles. The Morgan fingerprint density at radius 2 is 1.74 bits per heavy atom. The molecule has 0 aromatic rings. The topological polar surface area (TPSA) is 35.5 Å². The fourth-order valence-electron chi connectivity index (χ4n) is 1.07. The van der Waals surface area contributed by atoms with E-state index in [1.54, 1.807) is 0 Å². The number of hydrogen-bond donors (Lipinski definition) is 0. The lowest BCUT2D eigenvalue weighted by molar-refractivity contribution is -0.139. The van der Waals surface area contributed by atoms with Gasteiger partial charge in [0.05, 0.1) is 6.61 Å². The molecule has 0 aliphatic carbocycles. The zero-order chi connectivity index (χ0) is 15.1. The summed E-state index contributed by atoms with van der Waals surface area (Å²) in [6, 6.07) is 0. The molecule has 0 rings (SSSR count). The van der Waals surface area contributed by atoms with Gasteiger partial charge in [0.25, 0.3) is 0 Å². The van der Waals surface area contributed by atoms with Gasteiger partial charge >= 0.3 is 5.97 Å². The maximum atomic E-state index is 10.6. The Hall–Kier alpha value is -0.873. The van der Waals surface area contributed by atoms with Crippen LogP contribution in [0.1, 0.15) is 34.6 Å². The van der Waals surface area contributed by atoms with Crippen LogP contribution >= 0.6 is 0 Å². The van der Waals surface area contributed by atoms with Crippen molar-refractivity contribution in [1.82, 2.24) is 0 Å². The summed E-state index contributed by atoms with van der Waals surface area (Å²) in [6.45, 7) is 15.6. The summed E-state index contributed by atoms with van der Waals surface area (Å²) in [4.78, 5) is 10.6. The van der Waals surface area contributed by atoms with Crippen LogP contribution in [0.25, 0.3) is 0 Å². The number of hydrogen-bond acceptors (Lipinski definition) is 3. The van der Waals surface area contributed by atoms with Gasteiger partial charge in [-0.1, -0.05) is 38.5 Å². The molecule has 0 aromatic carbocycles. The van der Waals surface area contributed by atoms with E-state index >= 15 is 0 Å². The first-order valence-electron chi connectivity index (χ1n) is 6.67. The quantitative estimate of drug-likeness (QED) is 0.419. The SMILES string of the molecule is CC(=O)OC/C=C/C(C)=C/CO[Si](C)(C)C(C)(C)C. The largest absolute Gasteiger partial charge is 0.462 e. The van der Waals surface area contributed by atoms with Crippen molar-refractivity contribution in [2.75, 3.05) is 13.2 Å². The van der Waals surface area contributed by atoms with E-state index < -0.39 is 8.32 Å². The van der Waals surface area contributed by atoms with Crippen molar-refractivity contribution in [3.8, 4) is 0 Å². The van der Waals surface area contributed by atoms with Crippen molar-refractivity contribution in [3.63, 3.8) is 0 Å². The Kier molecular flexibility index (Phi) is 7.30. The van der Waals surface area contributed by atoms with Crippen molar-refractivity contribution < 1.29 is 14.0 Å². The summed E-state index contributed by atoms with van der Waals surface area (Å²) in [6.07, 6.45) is 5.84. The third kappa shape index (κ3) is 8.00.